The summed E-state index contributed by atoms with van der Waals surface area (Å²) >= 11 is 0. The molecule has 2 fully saturated rings. The van der Waals surface area contributed by atoms with Crippen LogP contribution in [-0.4, -0.2) is 35.1 Å². The summed E-state index contributed by atoms with van der Waals surface area (Å²) < 4.78 is 0. The second-order valence-electron chi connectivity index (χ2n) is 6.77. The Bertz CT molecular complexity index is 293. The molecular formula is C15H27NO2. The van der Waals surface area contributed by atoms with Gasteiger partial charge in [-0.15, -0.1) is 0 Å². The third-order valence-electron chi connectivity index (χ3n) is 5.04. The molecule has 1 unspecified atom stereocenters. The molecule has 18 heavy (non-hydrogen) atoms. The van der Waals surface area contributed by atoms with Crippen LogP contribution in [0.2, 0.25) is 0 Å². The van der Waals surface area contributed by atoms with Crippen molar-refractivity contribution in [3.8, 4) is 0 Å². The van der Waals surface area contributed by atoms with Crippen molar-refractivity contribution in [2.45, 2.75) is 64.8 Å². The number of piperidine rings is 1. The largest absolute Gasteiger partial charge is 0.481 e. The van der Waals surface area contributed by atoms with Crippen LogP contribution in [0.15, 0.2) is 0 Å². The summed E-state index contributed by atoms with van der Waals surface area (Å²) in [6.45, 7) is 6.06. The van der Waals surface area contributed by atoms with E-state index in [1.807, 2.05) is 0 Å². The standard InChI is InChI=1S/C15H27NO2/c1-15(2)9-10-16(11-13(15)14(17)18)12-7-5-3-4-6-8-12/h12-13H,3-11H2,1-2H3,(H,17,18). The summed E-state index contributed by atoms with van der Waals surface area (Å²) in [7, 11) is 0. The van der Waals surface area contributed by atoms with Gasteiger partial charge in [-0.05, 0) is 31.2 Å². The van der Waals surface area contributed by atoms with Crippen molar-refractivity contribution in [3.05, 3.63) is 0 Å². The van der Waals surface area contributed by atoms with Crippen LogP contribution in [0.5, 0.6) is 0 Å². The molecule has 0 bridgehead atoms. The molecule has 1 atom stereocenters. The summed E-state index contributed by atoms with van der Waals surface area (Å²) in [5.74, 6) is -0.812. The van der Waals surface area contributed by atoms with Gasteiger partial charge in [0.2, 0.25) is 0 Å². The zero-order valence-electron chi connectivity index (χ0n) is 11.8. The van der Waals surface area contributed by atoms with Crippen LogP contribution in [0, 0.1) is 11.3 Å². The molecule has 0 aromatic heterocycles. The minimum absolute atomic E-state index is 0.0485. The van der Waals surface area contributed by atoms with Crippen LogP contribution < -0.4 is 0 Å². The predicted octanol–water partition coefficient (Wildman–Crippen LogP) is 3.14. The van der Waals surface area contributed by atoms with Crippen LogP contribution in [-0.2, 0) is 4.79 Å². The first-order valence-corrected chi connectivity index (χ1v) is 7.47. The number of nitrogens with zero attached hydrogens (tertiary/aromatic N) is 1. The molecule has 1 aliphatic heterocycles. The highest BCUT2D eigenvalue weighted by Crippen LogP contribution is 2.37. The molecular weight excluding hydrogens is 226 g/mol. The first-order valence-electron chi connectivity index (χ1n) is 7.47. The maximum absolute atomic E-state index is 11.4. The molecule has 2 aliphatic rings. The van der Waals surface area contributed by atoms with Gasteiger partial charge in [0.1, 0.15) is 0 Å². The van der Waals surface area contributed by atoms with Gasteiger partial charge >= 0.3 is 5.97 Å². The van der Waals surface area contributed by atoms with Crippen LogP contribution >= 0.6 is 0 Å². The Morgan fingerprint density at radius 2 is 1.78 bits per heavy atom. The molecule has 1 saturated carbocycles. The second-order valence-corrected chi connectivity index (χ2v) is 6.77. The number of hydrogen-bond donors (Lipinski definition) is 1. The number of likely N-dealkylation sites (tertiary alicyclic amines) is 1. The van der Waals surface area contributed by atoms with Crippen molar-refractivity contribution in [2.24, 2.45) is 11.3 Å². The molecule has 2 rings (SSSR count). The highest BCUT2D eigenvalue weighted by atomic mass is 16.4. The van der Waals surface area contributed by atoms with Gasteiger partial charge in [0.15, 0.2) is 0 Å². The van der Waals surface area contributed by atoms with Crippen LogP contribution in [0.3, 0.4) is 0 Å². The van der Waals surface area contributed by atoms with E-state index in [4.69, 9.17) is 0 Å². The Labute approximate surface area is 111 Å². The first kappa shape index (κ1) is 13.9. The number of carbonyl (C=O) groups is 1. The lowest BCUT2D eigenvalue weighted by molar-refractivity contribution is -0.150. The topological polar surface area (TPSA) is 40.5 Å². The van der Waals surface area contributed by atoms with Gasteiger partial charge in [0.25, 0.3) is 0 Å². The van der Waals surface area contributed by atoms with Gasteiger partial charge < -0.3 is 5.11 Å². The van der Waals surface area contributed by atoms with Crippen molar-refractivity contribution in [1.82, 2.24) is 4.90 Å². The van der Waals surface area contributed by atoms with Crippen molar-refractivity contribution < 1.29 is 9.90 Å². The van der Waals surface area contributed by atoms with E-state index in [1.54, 1.807) is 0 Å². The molecule has 3 heteroatoms. The van der Waals surface area contributed by atoms with Crippen molar-refractivity contribution in [1.29, 1.82) is 0 Å². The van der Waals surface area contributed by atoms with E-state index in [2.05, 4.69) is 18.7 Å². The Morgan fingerprint density at radius 3 is 2.33 bits per heavy atom. The molecule has 104 valence electrons. The average molecular weight is 253 g/mol. The van der Waals surface area contributed by atoms with Gasteiger partial charge in [-0.1, -0.05) is 39.5 Å². The van der Waals surface area contributed by atoms with E-state index in [9.17, 15) is 9.90 Å². The number of hydrogen-bond acceptors (Lipinski definition) is 2. The molecule has 0 amide bonds. The molecule has 1 saturated heterocycles. The van der Waals surface area contributed by atoms with E-state index in [0.29, 0.717) is 6.04 Å². The number of carboxylic acid groups (broad SMARTS) is 1. The average Bonchev–Trinajstić information content (AvgIpc) is 2.57. The van der Waals surface area contributed by atoms with Gasteiger partial charge in [0, 0.05) is 12.6 Å². The molecule has 1 heterocycles. The lowest BCUT2D eigenvalue weighted by Gasteiger charge is -2.44. The summed E-state index contributed by atoms with van der Waals surface area (Å²) in [6, 6.07) is 0.644. The fraction of sp³-hybridized carbons (Fsp3) is 0.933. The van der Waals surface area contributed by atoms with Gasteiger partial charge in [0.05, 0.1) is 5.92 Å². The SMILES string of the molecule is CC1(C)CCN(C2CCCCCC2)CC1C(=O)O. The summed E-state index contributed by atoms with van der Waals surface area (Å²) in [5.41, 5.74) is -0.0485. The molecule has 0 aromatic carbocycles. The van der Waals surface area contributed by atoms with Crippen molar-refractivity contribution in [2.75, 3.05) is 13.1 Å². The third kappa shape index (κ3) is 3.05. The maximum atomic E-state index is 11.4. The van der Waals surface area contributed by atoms with Crippen LogP contribution in [0.4, 0.5) is 0 Å². The molecule has 0 aromatic rings. The Kier molecular flexibility index (Phi) is 4.31. The maximum Gasteiger partial charge on any atom is 0.308 e. The molecule has 1 N–H and O–H groups in total. The Balaban J connectivity index is 2.00. The minimum Gasteiger partial charge on any atom is -0.481 e. The van der Waals surface area contributed by atoms with E-state index < -0.39 is 5.97 Å². The monoisotopic (exact) mass is 253 g/mol. The first-order chi connectivity index (χ1) is 8.50. The minimum atomic E-state index is -0.613. The molecule has 0 radical (unpaired) electrons. The van der Waals surface area contributed by atoms with E-state index in [1.165, 1.54) is 38.5 Å². The van der Waals surface area contributed by atoms with Gasteiger partial charge in [-0.3, -0.25) is 9.69 Å². The van der Waals surface area contributed by atoms with E-state index >= 15 is 0 Å². The summed E-state index contributed by atoms with van der Waals surface area (Å²) in [5, 5.41) is 9.42. The summed E-state index contributed by atoms with van der Waals surface area (Å²) in [4.78, 5) is 13.9. The third-order valence-corrected chi connectivity index (χ3v) is 5.04. The molecule has 0 spiro atoms. The number of carboxylic acids is 1. The lowest BCUT2D eigenvalue weighted by Crippen LogP contribution is -2.51. The fourth-order valence-corrected chi connectivity index (χ4v) is 3.55. The lowest BCUT2D eigenvalue weighted by atomic mass is 9.73. The molecule has 3 nitrogen and oxygen atoms in total. The Hall–Kier alpha value is -0.570. The van der Waals surface area contributed by atoms with Gasteiger partial charge in [-0.2, -0.15) is 0 Å². The Morgan fingerprint density at radius 1 is 1.17 bits per heavy atom. The zero-order valence-corrected chi connectivity index (χ0v) is 11.8. The highest BCUT2D eigenvalue weighted by Gasteiger charge is 2.41. The molecule has 1 aliphatic carbocycles. The quantitative estimate of drug-likeness (QED) is 0.769. The number of aliphatic carboxylic acids is 1. The fourth-order valence-electron chi connectivity index (χ4n) is 3.55. The van der Waals surface area contributed by atoms with Crippen LogP contribution in [0.1, 0.15) is 58.8 Å². The summed E-state index contributed by atoms with van der Waals surface area (Å²) in [6.07, 6.45) is 8.92. The smallest absolute Gasteiger partial charge is 0.308 e. The van der Waals surface area contributed by atoms with E-state index in [-0.39, 0.29) is 11.3 Å². The zero-order chi connectivity index (χ0) is 13.2. The van der Waals surface area contributed by atoms with Crippen LogP contribution in [0.25, 0.3) is 0 Å². The second kappa shape index (κ2) is 5.60. The number of rotatable bonds is 2. The highest BCUT2D eigenvalue weighted by molar-refractivity contribution is 5.71. The van der Waals surface area contributed by atoms with Crippen molar-refractivity contribution in [3.63, 3.8) is 0 Å². The normalized spacial score (nSPS) is 30.9. The van der Waals surface area contributed by atoms with Crippen molar-refractivity contribution >= 4 is 5.97 Å². The van der Waals surface area contributed by atoms with E-state index in [0.717, 1.165) is 19.5 Å². The predicted molar refractivity (Wildman–Crippen MR) is 72.6 cm³/mol. The van der Waals surface area contributed by atoms with Gasteiger partial charge in [-0.25, -0.2) is 0 Å².